The fourth-order valence-corrected chi connectivity index (χ4v) is 5.12. The predicted molar refractivity (Wildman–Crippen MR) is 133 cm³/mol. The van der Waals surface area contributed by atoms with E-state index in [1.54, 1.807) is 0 Å². The summed E-state index contributed by atoms with van der Waals surface area (Å²) in [7, 11) is 0. The third kappa shape index (κ3) is 5.11. The van der Waals surface area contributed by atoms with E-state index in [-0.39, 0.29) is 17.9 Å². The summed E-state index contributed by atoms with van der Waals surface area (Å²) in [5, 5.41) is 9.54. The number of hydrogen-bond acceptors (Lipinski definition) is 3. The second kappa shape index (κ2) is 9.92. The van der Waals surface area contributed by atoms with Crippen molar-refractivity contribution in [2.75, 3.05) is 6.61 Å². The molecule has 0 amide bonds. The number of carboxylic acid groups (broad SMARTS) is 1. The number of para-hydroxylation sites is 1. The Hall–Kier alpha value is -3.27. The number of carboxylic acids is 1. The summed E-state index contributed by atoms with van der Waals surface area (Å²) in [6.45, 7) is 2.48. The lowest BCUT2D eigenvalue weighted by Gasteiger charge is -2.35. The molecule has 176 valence electrons. The average Bonchev–Trinajstić information content (AvgIpc) is 3.67. The Labute approximate surface area is 201 Å². The van der Waals surface area contributed by atoms with E-state index in [9.17, 15) is 9.90 Å². The van der Waals surface area contributed by atoms with Crippen molar-refractivity contribution in [3.8, 4) is 22.6 Å². The van der Waals surface area contributed by atoms with Crippen molar-refractivity contribution in [2.24, 2.45) is 17.8 Å². The fraction of sp³-hybridized carbons (Fsp3) is 0.367. The van der Waals surface area contributed by atoms with Gasteiger partial charge in [-0.25, -0.2) is 0 Å². The number of aliphatic carboxylic acids is 1. The van der Waals surface area contributed by atoms with E-state index in [1.807, 2.05) is 67.6 Å². The standard InChI is InChI=1S/C30H32O4/c1-20(30(31)32)29(23-14-15-23)24-10-7-11-25(18-24)33-19-21-16-26(17-21)34-28-13-6-5-12-27(28)22-8-3-2-4-9-22/h2-13,18,20-21,23,26,29H,14-17,19H2,1H3,(H,31,32)/t20-,21?,26?,29-/m0/s1. The van der Waals surface area contributed by atoms with Gasteiger partial charge in [-0.1, -0.05) is 67.6 Å². The predicted octanol–water partition coefficient (Wildman–Crippen LogP) is 6.80. The molecule has 3 aromatic carbocycles. The average molecular weight is 457 g/mol. The molecule has 0 aliphatic heterocycles. The van der Waals surface area contributed by atoms with E-state index >= 15 is 0 Å². The molecule has 1 N–H and O–H groups in total. The maximum atomic E-state index is 11.6. The highest BCUT2D eigenvalue weighted by atomic mass is 16.5. The second-order valence-corrected chi connectivity index (χ2v) is 9.81. The van der Waals surface area contributed by atoms with Crippen molar-refractivity contribution in [3.63, 3.8) is 0 Å². The molecular weight excluding hydrogens is 424 g/mol. The molecule has 2 aliphatic carbocycles. The van der Waals surface area contributed by atoms with E-state index < -0.39 is 5.97 Å². The van der Waals surface area contributed by atoms with Crippen LogP contribution < -0.4 is 9.47 Å². The maximum Gasteiger partial charge on any atom is 0.306 e. The van der Waals surface area contributed by atoms with Gasteiger partial charge in [0.1, 0.15) is 11.5 Å². The Kier molecular flexibility index (Phi) is 6.57. The second-order valence-electron chi connectivity index (χ2n) is 9.81. The van der Waals surface area contributed by atoms with Crippen molar-refractivity contribution in [1.82, 2.24) is 0 Å². The summed E-state index contributed by atoms with van der Waals surface area (Å²) >= 11 is 0. The molecule has 0 bridgehead atoms. The summed E-state index contributed by atoms with van der Waals surface area (Å²) in [6, 6.07) is 26.6. The lowest BCUT2D eigenvalue weighted by atomic mass is 9.82. The van der Waals surface area contributed by atoms with Crippen molar-refractivity contribution < 1.29 is 19.4 Å². The van der Waals surface area contributed by atoms with Crippen LogP contribution in [0, 0.1) is 17.8 Å². The molecule has 0 radical (unpaired) electrons. The SMILES string of the molecule is C[C@H](C(=O)O)[C@H](c1cccc(OCC2CC(Oc3ccccc3-c3ccccc3)C2)c1)C1CC1. The van der Waals surface area contributed by atoms with Crippen LogP contribution in [0.3, 0.4) is 0 Å². The van der Waals surface area contributed by atoms with E-state index in [2.05, 4.69) is 18.2 Å². The van der Waals surface area contributed by atoms with Crippen LogP contribution >= 0.6 is 0 Å². The molecule has 2 fully saturated rings. The van der Waals surface area contributed by atoms with Crippen LogP contribution in [0.5, 0.6) is 11.5 Å². The lowest BCUT2D eigenvalue weighted by Crippen LogP contribution is -2.37. The van der Waals surface area contributed by atoms with Crippen molar-refractivity contribution >= 4 is 5.97 Å². The van der Waals surface area contributed by atoms with E-state index in [4.69, 9.17) is 9.47 Å². The Balaban J connectivity index is 1.15. The minimum absolute atomic E-state index is 0.0622. The first kappa shape index (κ1) is 22.5. The van der Waals surface area contributed by atoms with Gasteiger partial charge in [0, 0.05) is 5.56 Å². The summed E-state index contributed by atoms with van der Waals surface area (Å²) in [4.78, 5) is 11.6. The minimum atomic E-state index is -0.724. The van der Waals surface area contributed by atoms with Gasteiger partial charge in [0.2, 0.25) is 0 Å². The Morgan fingerprint density at radius 3 is 2.44 bits per heavy atom. The molecule has 34 heavy (non-hydrogen) atoms. The van der Waals surface area contributed by atoms with Gasteiger partial charge in [-0.2, -0.15) is 0 Å². The van der Waals surface area contributed by atoms with Crippen LogP contribution in [0.1, 0.15) is 44.1 Å². The molecule has 0 heterocycles. The molecule has 0 spiro atoms. The minimum Gasteiger partial charge on any atom is -0.493 e. The number of rotatable bonds is 10. The number of carbonyl (C=O) groups is 1. The first-order valence-electron chi connectivity index (χ1n) is 12.3. The van der Waals surface area contributed by atoms with Gasteiger partial charge in [-0.15, -0.1) is 0 Å². The third-order valence-corrected chi connectivity index (χ3v) is 7.24. The quantitative estimate of drug-likeness (QED) is 0.364. The smallest absolute Gasteiger partial charge is 0.306 e. The zero-order valence-corrected chi connectivity index (χ0v) is 19.6. The van der Waals surface area contributed by atoms with Crippen LogP contribution in [0.2, 0.25) is 0 Å². The van der Waals surface area contributed by atoms with Crippen LogP contribution in [0.15, 0.2) is 78.9 Å². The summed E-state index contributed by atoms with van der Waals surface area (Å²) in [5.41, 5.74) is 3.38. The first-order chi connectivity index (χ1) is 16.6. The van der Waals surface area contributed by atoms with Gasteiger partial charge in [-0.05, 0) is 72.8 Å². The summed E-state index contributed by atoms with van der Waals surface area (Å²) in [5.74, 6) is 1.67. The molecule has 3 aromatic rings. The summed E-state index contributed by atoms with van der Waals surface area (Å²) in [6.07, 6.45) is 4.39. The maximum absolute atomic E-state index is 11.6. The lowest BCUT2D eigenvalue weighted by molar-refractivity contribution is -0.142. The molecule has 4 nitrogen and oxygen atoms in total. The molecule has 2 saturated carbocycles. The monoisotopic (exact) mass is 456 g/mol. The van der Waals surface area contributed by atoms with Gasteiger partial charge in [0.05, 0.1) is 18.6 Å². The van der Waals surface area contributed by atoms with Crippen LogP contribution in [-0.4, -0.2) is 23.8 Å². The Morgan fingerprint density at radius 1 is 0.971 bits per heavy atom. The van der Waals surface area contributed by atoms with Gasteiger partial charge >= 0.3 is 5.97 Å². The highest BCUT2D eigenvalue weighted by Crippen LogP contribution is 2.47. The van der Waals surface area contributed by atoms with Crippen molar-refractivity contribution in [2.45, 2.75) is 44.6 Å². The van der Waals surface area contributed by atoms with Gasteiger partial charge in [0.25, 0.3) is 0 Å². The van der Waals surface area contributed by atoms with Gasteiger partial charge < -0.3 is 14.6 Å². The molecule has 5 rings (SSSR count). The van der Waals surface area contributed by atoms with Gasteiger partial charge in [-0.3, -0.25) is 4.79 Å². The Morgan fingerprint density at radius 2 is 1.71 bits per heavy atom. The molecular formula is C30H32O4. The topological polar surface area (TPSA) is 55.8 Å². The largest absolute Gasteiger partial charge is 0.493 e. The fourth-order valence-electron chi connectivity index (χ4n) is 5.12. The molecule has 4 heteroatoms. The van der Waals surface area contributed by atoms with Crippen molar-refractivity contribution in [3.05, 3.63) is 84.4 Å². The van der Waals surface area contributed by atoms with E-state index in [1.165, 1.54) is 5.56 Å². The van der Waals surface area contributed by atoms with E-state index in [0.29, 0.717) is 18.4 Å². The van der Waals surface area contributed by atoms with Crippen LogP contribution in [0.25, 0.3) is 11.1 Å². The van der Waals surface area contributed by atoms with E-state index in [0.717, 1.165) is 48.3 Å². The van der Waals surface area contributed by atoms with Crippen molar-refractivity contribution in [1.29, 1.82) is 0 Å². The molecule has 2 atom stereocenters. The number of hydrogen-bond donors (Lipinski definition) is 1. The van der Waals surface area contributed by atoms with Gasteiger partial charge in [0.15, 0.2) is 0 Å². The number of ether oxygens (including phenoxy) is 2. The highest BCUT2D eigenvalue weighted by Gasteiger charge is 2.38. The third-order valence-electron chi connectivity index (χ3n) is 7.24. The normalized spacial score (nSPS) is 21.2. The van der Waals surface area contributed by atoms with Crippen LogP contribution in [-0.2, 0) is 4.79 Å². The molecule has 2 aliphatic rings. The highest BCUT2D eigenvalue weighted by molar-refractivity contribution is 5.71. The molecule has 0 unspecified atom stereocenters. The first-order valence-corrected chi connectivity index (χ1v) is 12.3. The zero-order valence-electron chi connectivity index (χ0n) is 19.6. The Bertz CT molecular complexity index is 1120. The molecule has 0 saturated heterocycles. The van der Waals surface area contributed by atoms with Crippen LogP contribution in [0.4, 0.5) is 0 Å². The molecule has 0 aromatic heterocycles. The summed E-state index contributed by atoms with van der Waals surface area (Å²) < 4.78 is 12.5. The number of benzene rings is 3. The zero-order chi connectivity index (χ0) is 23.5.